The van der Waals surface area contributed by atoms with Gasteiger partial charge in [0.2, 0.25) is 0 Å². The van der Waals surface area contributed by atoms with Gasteiger partial charge in [-0.1, -0.05) is 0 Å². The topological polar surface area (TPSA) is 29.1 Å². The Labute approximate surface area is 139 Å². The van der Waals surface area contributed by atoms with Crippen molar-refractivity contribution in [2.45, 2.75) is 38.5 Å². The second kappa shape index (κ2) is 5.33. The summed E-state index contributed by atoms with van der Waals surface area (Å²) in [6, 6.07) is 4.23. The van der Waals surface area contributed by atoms with E-state index in [1.807, 2.05) is 0 Å². The molecule has 2 nitrogen and oxygen atoms in total. The fourth-order valence-corrected chi connectivity index (χ4v) is 6.07. The standard InChI is InChI=1S/C18H21BrFNO/c19-16-6-14(20)1-2-15(16)17(22)21-10-18-7-11-3-12(8-18)5-13(4-11)9-18/h1-2,6,11-13H,3-5,7-10H2,(H,21,22). The molecule has 0 atom stereocenters. The number of rotatable bonds is 3. The Balaban J connectivity index is 1.45. The third-order valence-corrected chi connectivity index (χ3v) is 6.62. The average Bonchev–Trinajstić information content (AvgIpc) is 2.43. The zero-order valence-corrected chi connectivity index (χ0v) is 14.2. The molecule has 4 fully saturated rings. The summed E-state index contributed by atoms with van der Waals surface area (Å²) >= 11 is 3.28. The molecule has 5 rings (SSSR count). The summed E-state index contributed by atoms with van der Waals surface area (Å²) in [5.74, 6) is 2.24. The van der Waals surface area contributed by atoms with Crippen LogP contribution in [-0.4, -0.2) is 12.5 Å². The van der Waals surface area contributed by atoms with Crippen molar-refractivity contribution >= 4 is 21.8 Å². The number of nitrogens with one attached hydrogen (secondary N) is 1. The van der Waals surface area contributed by atoms with Crippen molar-refractivity contribution in [3.8, 4) is 0 Å². The molecule has 0 aliphatic heterocycles. The highest BCUT2D eigenvalue weighted by Crippen LogP contribution is 2.59. The summed E-state index contributed by atoms with van der Waals surface area (Å²) in [4.78, 5) is 12.4. The maximum Gasteiger partial charge on any atom is 0.252 e. The zero-order chi connectivity index (χ0) is 15.3. The molecular weight excluding hydrogens is 345 g/mol. The predicted octanol–water partition coefficient (Wildman–Crippen LogP) is 4.53. The van der Waals surface area contributed by atoms with E-state index in [9.17, 15) is 9.18 Å². The maximum atomic E-state index is 13.1. The molecule has 0 radical (unpaired) electrons. The summed E-state index contributed by atoms with van der Waals surface area (Å²) in [6.07, 6.45) is 8.09. The van der Waals surface area contributed by atoms with E-state index < -0.39 is 0 Å². The van der Waals surface area contributed by atoms with Crippen molar-refractivity contribution in [3.63, 3.8) is 0 Å². The number of amides is 1. The first kappa shape index (κ1) is 14.7. The summed E-state index contributed by atoms with van der Waals surface area (Å²) in [5.41, 5.74) is 0.850. The Morgan fingerprint density at radius 3 is 2.32 bits per heavy atom. The minimum atomic E-state index is -0.329. The third kappa shape index (κ3) is 2.60. The quantitative estimate of drug-likeness (QED) is 0.837. The maximum absolute atomic E-state index is 13.1. The van der Waals surface area contributed by atoms with Crippen molar-refractivity contribution in [3.05, 3.63) is 34.1 Å². The summed E-state index contributed by atoms with van der Waals surface area (Å²) in [5, 5.41) is 3.12. The number of benzene rings is 1. The van der Waals surface area contributed by atoms with Crippen LogP contribution < -0.4 is 5.32 Å². The fraction of sp³-hybridized carbons (Fsp3) is 0.611. The molecular formula is C18H21BrFNO. The first-order chi connectivity index (χ1) is 10.5. The van der Waals surface area contributed by atoms with E-state index in [2.05, 4.69) is 21.2 Å². The van der Waals surface area contributed by atoms with Crippen LogP contribution in [0.2, 0.25) is 0 Å². The van der Waals surface area contributed by atoms with Crippen molar-refractivity contribution in [2.75, 3.05) is 6.54 Å². The van der Waals surface area contributed by atoms with Crippen LogP contribution in [0.1, 0.15) is 48.9 Å². The third-order valence-electron chi connectivity index (χ3n) is 5.96. The molecule has 4 saturated carbocycles. The van der Waals surface area contributed by atoms with Crippen LogP contribution in [0.4, 0.5) is 4.39 Å². The van der Waals surface area contributed by atoms with Gasteiger partial charge in [-0.25, -0.2) is 4.39 Å². The molecule has 1 N–H and O–H groups in total. The SMILES string of the molecule is O=C(NCC12CC3CC(CC(C3)C1)C2)c1ccc(F)cc1Br. The van der Waals surface area contributed by atoms with Gasteiger partial charge in [0.25, 0.3) is 5.91 Å². The van der Waals surface area contributed by atoms with Gasteiger partial charge in [0.05, 0.1) is 5.56 Å². The lowest BCUT2D eigenvalue weighted by atomic mass is 9.49. The van der Waals surface area contributed by atoms with E-state index in [4.69, 9.17) is 0 Å². The molecule has 1 aromatic carbocycles. The Morgan fingerprint density at radius 1 is 1.18 bits per heavy atom. The van der Waals surface area contributed by atoms with Crippen molar-refractivity contribution in [1.29, 1.82) is 0 Å². The number of halogens is 2. The Kier molecular flexibility index (Phi) is 3.55. The van der Waals surface area contributed by atoms with Crippen LogP contribution in [0, 0.1) is 29.0 Å². The lowest BCUT2D eigenvalue weighted by Crippen LogP contribution is -2.51. The normalized spacial score (nSPS) is 35.6. The van der Waals surface area contributed by atoms with Gasteiger partial charge in [-0.2, -0.15) is 0 Å². The van der Waals surface area contributed by atoms with Crippen LogP contribution in [0.3, 0.4) is 0 Å². The first-order valence-corrected chi connectivity index (χ1v) is 9.06. The lowest BCUT2D eigenvalue weighted by Gasteiger charge is -2.56. The van der Waals surface area contributed by atoms with Crippen LogP contribution in [-0.2, 0) is 0 Å². The Bertz CT molecular complexity index is 580. The van der Waals surface area contributed by atoms with Gasteiger partial charge in [-0.05, 0) is 95.8 Å². The Morgan fingerprint density at radius 2 is 1.77 bits per heavy atom. The number of hydrogen-bond acceptors (Lipinski definition) is 1. The van der Waals surface area contributed by atoms with Gasteiger partial charge < -0.3 is 5.32 Å². The summed E-state index contributed by atoms with van der Waals surface area (Å²) in [7, 11) is 0. The molecule has 1 amide bonds. The second-order valence-corrected chi connectivity index (χ2v) is 8.58. The highest BCUT2D eigenvalue weighted by atomic mass is 79.9. The molecule has 0 saturated heterocycles. The van der Waals surface area contributed by atoms with E-state index in [0.717, 1.165) is 24.3 Å². The molecule has 1 aromatic rings. The van der Waals surface area contributed by atoms with Crippen LogP contribution in [0.5, 0.6) is 0 Å². The van der Waals surface area contributed by atoms with Crippen molar-refractivity contribution in [2.24, 2.45) is 23.2 Å². The van der Waals surface area contributed by atoms with Crippen LogP contribution in [0.15, 0.2) is 22.7 Å². The van der Waals surface area contributed by atoms with E-state index in [1.165, 1.54) is 50.7 Å². The van der Waals surface area contributed by atoms with E-state index in [-0.39, 0.29) is 11.7 Å². The van der Waals surface area contributed by atoms with Gasteiger partial charge in [0, 0.05) is 11.0 Å². The van der Waals surface area contributed by atoms with Gasteiger partial charge >= 0.3 is 0 Å². The Hall–Kier alpha value is -0.900. The van der Waals surface area contributed by atoms with Gasteiger partial charge in [0.15, 0.2) is 0 Å². The molecule has 0 aromatic heterocycles. The van der Waals surface area contributed by atoms with E-state index >= 15 is 0 Å². The minimum Gasteiger partial charge on any atom is -0.351 e. The van der Waals surface area contributed by atoms with E-state index in [1.54, 1.807) is 6.07 Å². The molecule has 4 aliphatic rings. The fourth-order valence-electron chi connectivity index (χ4n) is 5.54. The minimum absolute atomic E-state index is 0.0948. The number of hydrogen-bond donors (Lipinski definition) is 1. The molecule has 4 heteroatoms. The highest BCUT2D eigenvalue weighted by Gasteiger charge is 2.50. The summed E-state index contributed by atoms with van der Waals surface area (Å²) < 4.78 is 13.7. The second-order valence-electron chi connectivity index (χ2n) is 7.72. The molecule has 0 spiro atoms. The largest absolute Gasteiger partial charge is 0.351 e. The first-order valence-electron chi connectivity index (χ1n) is 8.26. The number of carbonyl (C=O) groups excluding carboxylic acids is 1. The van der Waals surface area contributed by atoms with Crippen molar-refractivity contribution in [1.82, 2.24) is 5.32 Å². The lowest BCUT2D eigenvalue weighted by molar-refractivity contribution is -0.0503. The number of carbonyl (C=O) groups is 1. The summed E-state index contributed by atoms with van der Waals surface area (Å²) in [6.45, 7) is 0.777. The average molecular weight is 366 g/mol. The predicted molar refractivity (Wildman–Crippen MR) is 87.0 cm³/mol. The monoisotopic (exact) mass is 365 g/mol. The molecule has 22 heavy (non-hydrogen) atoms. The molecule has 4 aliphatic carbocycles. The van der Waals surface area contributed by atoms with Gasteiger partial charge in [0.1, 0.15) is 5.82 Å². The molecule has 4 bridgehead atoms. The molecule has 118 valence electrons. The molecule has 0 heterocycles. The zero-order valence-electron chi connectivity index (χ0n) is 12.6. The van der Waals surface area contributed by atoms with Gasteiger partial charge in [-0.3, -0.25) is 4.79 Å². The smallest absolute Gasteiger partial charge is 0.252 e. The van der Waals surface area contributed by atoms with Crippen LogP contribution in [0.25, 0.3) is 0 Å². The molecule has 0 unspecified atom stereocenters. The van der Waals surface area contributed by atoms with Crippen LogP contribution >= 0.6 is 15.9 Å². The van der Waals surface area contributed by atoms with Crippen molar-refractivity contribution < 1.29 is 9.18 Å². The highest BCUT2D eigenvalue weighted by molar-refractivity contribution is 9.10. The van der Waals surface area contributed by atoms with Gasteiger partial charge in [-0.15, -0.1) is 0 Å². The van der Waals surface area contributed by atoms with E-state index in [0.29, 0.717) is 15.5 Å².